The number of methoxy groups -OCH3 is 1. The number of ether oxygens (including phenoxy) is 1. The van der Waals surface area contributed by atoms with Crippen LogP contribution < -0.4 is 5.32 Å². The average Bonchev–Trinajstić information content (AvgIpc) is 3.10. The molecule has 0 aromatic heterocycles. The van der Waals surface area contributed by atoms with Crippen LogP contribution >= 0.6 is 11.6 Å². The van der Waals surface area contributed by atoms with Crippen molar-refractivity contribution in [3.05, 3.63) is 34.9 Å². The lowest BCUT2D eigenvalue weighted by molar-refractivity contribution is -0.122. The molecule has 0 saturated heterocycles. The lowest BCUT2D eigenvalue weighted by Gasteiger charge is -2.05. The number of carbonyl (C=O) groups is 1. The van der Waals surface area contributed by atoms with E-state index in [1.807, 2.05) is 24.3 Å². The minimum atomic E-state index is 0.0757. The molecule has 1 saturated carbocycles. The van der Waals surface area contributed by atoms with Gasteiger partial charge in [0, 0.05) is 24.6 Å². The quantitative estimate of drug-likeness (QED) is 0.817. The molecule has 0 radical (unpaired) electrons. The van der Waals surface area contributed by atoms with Crippen LogP contribution in [0.1, 0.15) is 17.9 Å². The number of hydrogen-bond acceptors (Lipinski definition) is 2. The first-order valence-corrected chi connectivity index (χ1v) is 6.13. The third-order valence-corrected chi connectivity index (χ3v) is 3.38. The Labute approximate surface area is 106 Å². The Bertz CT molecular complexity index is 408. The van der Waals surface area contributed by atoms with Gasteiger partial charge in [0.2, 0.25) is 5.91 Å². The van der Waals surface area contributed by atoms with Gasteiger partial charge in [0.15, 0.2) is 0 Å². The van der Waals surface area contributed by atoms with Crippen LogP contribution in [0.25, 0.3) is 0 Å². The number of amides is 1. The van der Waals surface area contributed by atoms with Crippen LogP contribution in [0.15, 0.2) is 24.3 Å². The van der Waals surface area contributed by atoms with E-state index in [2.05, 4.69) is 5.32 Å². The van der Waals surface area contributed by atoms with Gasteiger partial charge in [0.25, 0.3) is 0 Å². The highest BCUT2D eigenvalue weighted by molar-refractivity contribution is 6.31. The van der Waals surface area contributed by atoms with E-state index in [9.17, 15) is 4.79 Å². The van der Waals surface area contributed by atoms with Crippen LogP contribution in [-0.2, 0) is 9.53 Å². The topological polar surface area (TPSA) is 38.3 Å². The zero-order chi connectivity index (χ0) is 12.3. The fourth-order valence-corrected chi connectivity index (χ4v) is 2.29. The van der Waals surface area contributed by atoms with Gasteiger partial charge in [-0.1, -0.05) is 29.8 Å². The molecule has 2 atom stereocenters. The molecule has 0 bridgehead atoms. The summed E-state index contributed by atoms with van der Waals surface area (Å²) >= 11 is 6.10. The maximum Gasteiger partial charge on any atom is 0.223 e. The molecular weight excluding hydrogens is 238 g/mol. The molecule has 1 aliphatic rings. The summed E-state index contributed by atoms with van der Waals surface area (Å²) in [4.78, 5) is 11.8. The van der Waals surface area contributed by atoms with Gasteiger partial charge in [0.1, 0.15) is 0 Å². The zero-order valence-corrected chi connectivity index (χ0v) is 10.5. The monoisotopic (exact) mass is 253 g/mol. The van der Waals surface area contributed by atoms with Gasteiger partial charge in [-0.2, -0.15) is 0 Å². The van der Waals surface area contributed by atoms with E-state index in [-0.39, 0.29) is 17.7 Å². The number of halogens is 1. The zero-order valence-electron chi connectivity index (χ0n) is 9.78. The van der Waals surface area contributed by atoms with Crippen LogP contribution in [0.4, 0.5) is 0 Å². The molecule has 0 spiro atoms. The summed E-state index contributed by atoms with van der Waals surface area (Å²) in [5.74, 6) is 0.463. The van der Waals surface area contributed by atoms with E-state index in [1.54, 1.807) is 7.11 Å². The SMILES string of the molecule is COCCNC(=O)C1CC1c1ccccc1Cl. The number of benzene rings is 1. The predicted octanol–water partition coefficient (Wildman–Crippen LogP) is 2.21. The first-order valence-electron chi connectivity index (χ1n) is 5.75. The third kappa shape index (κ3) is 2.99. The summed E-state index contributed by atoms with van der Waals surface area (Å²) in [6, 6.07) is 7.73. The molecule has 4 heteroatoms. The van der Waals surface area contributed by atoms with Crippen LogP contribution in [0.5, 0.6) is 0 Å². The third-order valence-electron chi connectivity index (χ3n) is 3.04. The van der Waals surface area contributed by atoms with Gasteiger partial charge in [-0.05, 0) is 24.0 Å². The van der Waals surface area contributed by atoms with Gasteiger partial charge in [-0.3, -0.25) is 4.79 Å². The molecule has 2 rings (SSSR count). The minimum absolute atomic E-state index is 0.0757. The highest BCUT2D eigenvalue weighted by atomic mass is 35.5. The number of nitrogens with one attached hydrogen (secondary N) is 1. The Morgan fingerprint density at radius 2 is 2.29 bits per heavy atom. The van der Waals surface area contributed by atoms with Gasteiger partial charge in [0.05, 0.1) is 6.61 Å². The number of rotatable bonds is 5. The second-order valence-corrected chi connectivity index (χ2v) is 4.66. The van der Waals surface area contributed by atoms with Crippen molar-refractivity contribution < 1.29 is 9.53 Å². The van der Waals surface area contributed by atoms with Crippen molar-refractivity contribution in [1.29, 1.82) is 0 Å². The van der Waals surface area contributed by atoms with Crippen molar-refractivity contribution in [2.75, 3.05) is 20.3 Å². The van der Waals surface area contributed by atoms with Crippen LogP contribution in [0, 0.1) is 5.92 Å². The second-order valence-electron chi connectivity index (χ2n) is 4.25. The number of carbonyl (C=O) groups excluding carboxylic acids is 1. The highest BCUT2D eigenvalue weighted by Gasteiger charge is 2.44. The summed E-state index contributed by atoms with van der Waals surface area (Å²) in [6.45, 7) is 1.12. The maximum atomic E-state index is 11.8. The van der Waals surface area contributed by atoms with E-state index in [0.29, 0.717) is 13.2 Å². The molecule has 92 valence electrons. The molecule has 1 fully saturated rings. The van der Waals surface area contributed by atoms with Crippen LogP contribution in [0.2, 0.25) is 5.02 Å². The Hall–Kier alpha value is -1.06. The lowest BCUT2D eigenvalue weighted by Crippen LogP contribution is -2.28. The van der Waals surface area contributed by atoms with Crippen molar-refractivity contribution >= 4 is 17.5 Å². The van der Waals surface area contributed by atoms with E-state index in [1.165, 1.54) is 0 Å². The predicted molar refractivity (Wildman–Crippen MR) is 67.2 cm³/mol. The standard InChI is InChI=1S/C13H16ClNO2/c1-17-7-6-15-13(16)11-8-10(11)9-4-2-3-5-12(9)14/h2-5,10-11H,6-8H2,1H3,(H,15,16). The first kappa shape index (κ1) is 12.4. The van der Waals surface area contributed by atoms with Gasteiger partial charge >= 0.3 is 0 Å². The van der Waals surface area contributed by atoms with E-state index in [4.69, 9.17) is 16.3 Å². The molecule has 0 aliphatic heterocycles. The summed E-state index contributed by atoms with van der Waals surface area (Å²) < 4.78 is 4.89. The van der Waals surface area contributed by atoms with Gasteiger partial charge in [-0.25, -0.2) is 0 Å². The molecule has 1 aromatic carbocycles. The maximum absolute atomic E-state index is 11.8. The van der Waals surface area contributed by atoms with E-state index in [0.717, 1.165) is 17.0 Å². The molecule has 3 nitrogen and oxygen atoms in total. The smallest absolute Gasteiger partial charge is 0.223 e. The minimum Gasteiger partial charge on any atom is -0.383 e. The van der Waals surface area contributed by atoms with Crippen LogP contribution in [0.3, 0.4) is 0 Å². The lowest BCUT2D eigenvalue weighted by atomic mass is 10.1. The Morgan fingerprint density at radius 3 is 3.00 bits per heavy atom. The van der Waals surface area contributed by atoms with Crippen molar-refractivity contribution in [2.45, 2.75) is 12.3 Å². The fraction of sp³-hybridized carbons (Fsp3) is 0.462. The molecule has 1 amide bonds. The molecule has 1 N–H and O–H groups in total. The van der Waals surface area contributed by atoms with Gasteiger partial charge in [-0.15, -0.1) is 0 Å². The van der Waals surface area contributed by atoms with E-state index >= 15 is 0 Å². The number of hydrogen-bond donors (Lipinski definition) is 1. The van der Waals surface area contributed by atoms with Crippen molar-refractivity contribution in [3.8, 4) is 0 Å². The average molecular weight is 254 g/mol. The van der Waals surface area contributed by atoms with Crippen molar-refractivity contribution in [2.24, 2.45) is 5.92 Å². The fourth-order valence-electron chi connectivity index (χ4n) is 2.01. The Morgan fingerprint density at radius 1 is 1.53 bits per heavy atom. The molecule has 17 heavy (non-hydrogen) atoms. The van der Waals surface area contributed by atoms with E-state index < -0.39 is 0 Å². The summed E-state index contributed by atoms with van der Waals surface area (Å²) in [7, 11) is 1.62. The Balaban J connectivity index is 1.88. The summed E-state index contributed by atoms with van der Waals surface area (Å²) in [5.41, 5.74) is 1.08. The molecule has 1 aliphatic carbocycles. The van der Waals surface area contributed by atoms with Gasteiger partial charge < -0.3 is 10.1 Å². The Kier molecular flexibility index (Phi) is 4.02. The molecule has 1 aromatic rings. The summed E-state index contributed by atoms with van der Waals surface area (Å²) in [5, 5.41) is 3.61. The summed E-state index contributed by atoms with van der Waals surface area (Å²) in [6.07, 6.45) is 0.891. The molecule has 0 heterocycles. The van der Waals surface area contributed by atoms with Crippen molar-refractivity contribution in [3.63, 3.8) is 0 Å². The van der Waals surface area contributed by atoms with Crippen molar-refractivity contribution in [1.82, 2.24) is 5.32 Å². The molecular formula is C13H16ClNO2. The van der Waals surface area contributed by atoms with Crippen LogP contribution in [-0.4, -0.2) is 26.2 Å². The molecule has 2 unspecified atom stereocenters. The first-order chi connectivity index (χ1) is 8.24. The normalized spacial score (nSPS) is 22.2. The highest BCUT2D eigenvalue weighted by Crippen LogP contribution is 2.49. The second kappa shape index (κ2) is 5.52. The largest absolute Gasteiger partial charge is 0.383 e.